The lowest BCUT2D eigenvalue weighted by atomic mass is 9.91. The molecule has 0 spiro atoms. The van der Waals surface area contributed by atoms with Gasteiger partial charge in [0.15, 0.2) is 0 Å². The fourth-order valence-corrected chi connectivity index (χ4v) is 3.44. The Kier molecular flexibility index (Phi) is 5.42. The number of hydrogen-bond acceptors (Lipinski definition) is 4. The van der Waals surface area contributed by atoms with Crippen LogP contribution < -0.4 is 5.32 Å². The molecule has 1 saturated heterocycles. The summed E-state index contributed by atoms with van der Waals surface area (Å²) in [7, 11) is 0. The van der Waals surface area contributed by atoms with E-state index in [1.165, 1.54) is 0 Å². The van der Waals surface area contributed by atoms with E-state index in [0.717, 1.165) is 10.5 Å². The normalized spacial score (nSPS) is 20.1. The molecule has 0 aliphatic carbocycles. The second-order valence-electron chi connectivity index (χ2n) is 6.97. The number of hydrogen-bond donors (Lipinski definition) is 1. The van der Waals surface area contributed by atoms with Gasteiger partial charge >= 0.3 is 12.0 Å². The molecule has 3 rings (SSSR count). The van der Waals surface area contributed by atoms with Crippen LogP contribution in [0.25, 0.3) is 0 Å². The first-order chi connectivity index (χ1) is 13.2. The van der Waals surface area contributed by atoms with Gasteiger partial charge in [-0.15, -0.1) is 0 Å². The first-order valence-electron chi connectivity index (χ1n) is 8.87. The minimum atomic E-state index is -1.22. The van der Waals surface area contributed by atoms with Gasteiger partial charge in [0, 0.05) is 10.6 Å². The topological polar surface area (TPSA) is 75.7 Å². The molecule has 0 radical (unpaired) electrons. The zero-order valence-corrected chi connectivity index (χ0v) is 16.6. The summed E-state index contributed by atoms with van der Waals surface area (Å²) in [6.45, 7) is 4.77. The molecule has 2 aromatic rings. The summed E-state index contributed by atoms with van der Waals surface area (Å²) in [4.78, 5) is 38.4. The van der Waals surface area contributed by atoms with Crippen molar-refractivity contribution in [3.8, 4) is 0 Å². The number of imide groups is 1. The lowest BCUT2D eigenvalue weighted by Crippen LogP contribution is -2.41. The average Bonchev–Trinajstić information content (AvgIpc) is 2.86. The zero-order valence-electron chi connectivity index (χ0n) is 15.9. The Bertz CT molecular complexity index is 928. The van der Waals surface area contributed by atoms with E-state index in [0.29, 0.717) is 16.1 Å². The molecule has 1 aliphatic heterocycles. The Morgan fingerprint density at radius 1 is 1.18 bits per heavy atom. The molecule has 1 fully saturated rings. The van der Waals surface area contributed by atoms with Crippen LogP contribution in [0.5, 0.6) is 0 Å². The highest BCUT2D eigenvalue weighted by Gasteiger charge is 2.49. The fourth-order valence-electron chi connectivity index (χ4n) is 3.15. The van der Waals surface area contributed by atoms with Crippen molar-refractivity contribution < 1.29 is 19.1 Å². The predicted octanol–water partition coefficient (Wildman–Crippen LogP) is 3.72. The number of halogens is 1. The minimum absolute atomic E-state index is 0.471. The number of urea groups is 1. The first kappa shape index (κ1) is 19.9. The van der Waals surface area contributed by atoms with E-state index >= 15 is 0 Å². The smallest absolute Gasteiger partial charge is 0.326 e. The molecular formula is C21H21ClN2O4. The summed E-state index contributed by atoms with van der Waals surface area (Å²) in [5.74, 6) is -1.19. The van der Waals surface area contributed by atoms with Crippen molar-refractivity contribution in [2.45, 2.75) is 32.4 Å². The number of nitrogens with zero attached hydrogens (tertiary/aromatic N) is 1. The molecule has 7 heteroatoms. The molecular weight excluding hydrogens is 380 g/mol. The van der Waals surface area contributed by atoms with Crippen LogP contribution in [0.15, 0.2) is 48.5 Å². The van der Waals surface area contributed by atoms with Crippen molar-refractivity contribution in [2.75, 3.05) is 6.54 Å². The van der Waals surface area contributed by atoms with E-state index in [4.69, 9.17) is 16.3 Å². The van der Waals surface area contributed by atoms with Gasteiger partial charge in [-0.1, -0.05) is 59.6 Å². The molecule has 0 bridgehead atoms. The van der Waals surface area contributed by atoms with E-state index in [1.807, 2.05) is 19.1 Å². The van der Waals surface area contributed by atoms with E-state index in [1.54, 1.807) is 50.2 Å². The number of nitrogens with one attached hydrogen (secondary N) is 1. The number of benzene rings is 2. The number of rotatable bonds is 5. The molecule has 146 valence electrons. The number of carbonyl (C=O) groups is 3. The van der Waals surface area contributed by atoms with Crippen molar-refractivity contribution in [3.63, 3.8) is 0 Å². The van der Waals surface area contributed by atoms with Crippen LogP contribution in [0.3, 0.4) is 0 Å². The summed E-state index contributed by atoms with van der Waals surface area (Å²) in [6, 6.07) is 13.7. The Labute approximate surface area is 168 Å². The van der Waals surface area contributed by atoms with E-state index in [9.17, 15) is 14.4 Å². The van der Waals surface area contributed by atoms with Crippen LogP contribution in [0.2, 0.25) is 5.02 Å². The van der Waals surface area contributed by atoms with Crippen LogP contribution in [0.4, 0.5) is 4.79 Å². The Morgan fingerprint density at radius 3 is 2.46 bits per heavy atom. The number of aryl methyl sites for hydroxylation is 1. The minimum Gasteiger partial charge on any atom is -0.456 e. The van der Waals surface area contributed by atoms with E-state index in [2.05, 4.69) is 5.32 Å². The standard InChI is InChI=1S/C21H21ClN2O4/c1-13-8-10-15(11-9-13)21(3)19(26)24(20(27)23-21)12-18(25)28-14(2)16-6-4-5-7-17(16)22/h4-11,14H,12H2,1-3H3,(H,23,27)/t14-,21-/m1/s1. The highest BCUT2D eigenvalue weighted by atomic mass is 35.5. The molecule has 3 amide bonds. The second-order valence-corrected chi connectivity index (χ2v) is 7.37. The maximum atomic E-state index is 12.9. The number of carbonyl (C=O) groups excluding carboxylic acids is 3. The lowest BCUT2D eigenvalue weighted by Gasteiger charge is -2.22. The van der Waals surface area contributed by atoms with Crippen molar-refractivity contribution in [2.24, 2.45) is 0 Å². The van der Waals surface area contributed by atoms with Gasteiger partial charge in [-0.3, -0.25) is 14.5 Å². The van der Waals surface area contributed by atoms with Crippen molar-refractivity contribution >= 4 is 29.5 Å². The average molecular weight is 401 g/mol. The Morgan fingerprint density at radius 2 is 1.82 bits per heavy atom. The highest BCUT2D eigenvalue weighted by molar-refractivity contribution is 6.31. The quantitative estimate of drug-likeness (QED) is 0.613. The number of amides is 3. The summed E-state index contributed by atoms with van der Waals surface area (Å²) in [5.41, 5.74) is 1.12. The predicted molar refractivity (Wildman–Crippen MR) is 105 cm³/mol. The van der Waals surface area contributed by atoms with Gasteiger partial charge in [-0.25, -0.2) is 4.79 Å². The van der Waals surface area contributed by atoms with Crippen LogP contribution in [0.1, 0.15) is 36.6 Å². The van der Waals surface area contributed by atoms with Gasteiger partial charge in [0.05, 0.1) is 0 Å². The molecule has 1 aliphatic rings. The Balaban J connectivity index is 1.71. The van der Waals surface area contributed by atoms with Gasteiger partial charge in [0.25, 0.3) is 5.91 Å². The van der Waals surface area contributed by atoms with Gasteiger partial charge in [-0.05, 0) is 32.4 Å². The third-order valence-electron chi connectivity index (χ3n) is 4.84. The number of ether oxygens (including phenoxy) is 1. The molecule has 28 heavy (non-hydrogen) atoms. The van der Waals surface area contributed by atoms with Gasteiger partial charge in [0.1, 0.15) is 18.2 Å². The summed E-state index contributed by atoms with van der Waals surface area (Å²) >= 11 is 6.12. The van der Waals surface area contributed by atoms with Crippen molar-refractivity contribution in [1.29, 1.82) is 0 Å². The maximum Gasteiger partial charge on any atom is 0.326 e. The van der Waals surface area contributed by atoms with Crippen LogP contribution in [-0.4, -0.2) is 29.4 Å². The second kappa shape index (κ2) is 7.64. The third kappa shape index (κ3) is 3.73. The van der Waals surface area contributed by atoms with Gasteiger partial charge in [0.2, 0.25) is 0 Å². The van der Waals surface area contributed by atoms with Crippen LogP contribution in [-0.2, 0) is 19.9 Å². The highest BCUT2D eigenvalue weighted by Crippen LogP contribution is 2.29. The molecule has 0 saturated carbocycles. The van der Waals surface area contributed by atoms with E-state index in [-0.39, 0.29) is 0 Å². The largest absolute Gasteiger partial charge is 0.456 e. The zero-order chi connectivity index (χ0) is 20.5. The first-order valence-corrected chi connectivity index (χ1v) is 9.25. The fraction of sp³-hybridized carbons (Fsp3) is 0.286. The van der Waals surface area contributed by atoms with Crippen molar-refractivity contribution in [1.82, 2.24) is 10.2 Å². The molecule has 0 aromatic heterocycles. The van der Waals surface area contributed by atoms with Gasteiger partial charge in [-0.2, -0.15) is 0 Å². The Hall–Kier alpha value is -2.86. The third-order valence-corrected chi connectivity index (χ3v) is 5.19. The molecule has 0 unspecified atom stereocenters. The summed E-state index contributed by atoms with van der Waals surface area (Å²) in [5, 5.41) is 3.15. The van der Waals surface area contributed by atoms with Crippen LogP contribution in [0, 0.1) is 6.92 Å². The molecule has 1 N–H and O–H groups in total. The number of esters is 1. The molecule has 2 aromatic carbocycles. The SMILES string of the molecule is Cc1ccc([C@@]2(C)NC(=O)N(CC(=O)O[C@H](C)c3ccccc3Cl)C2=O)cc1. The van der Waals surface area contributed by atoms with Gasteiger partial charge < -0.3 is 10.1 Å². The monoisotopic (exact) mass is 400 g/mol. The maximum absolute atomic E-state index is 12.9. The summed E-state index contributed by atoms with van der Waals surface area (Å²) < 4.78 is 5.37. The van der Waals surface area contributed by atoms with E-state index < -0.39 is 36.1 Å². The molecule has 2 atom stereocenters. The molecule has 6 nitrogen and oxygen atoms in total. The lowest BCUT2D eigenvalue weighted by molar-refractivity contribution is -0.152. The summed E-state index contributed by atoms with van der Waals surface area (Å²) in [6.07, 6.45) is -0.606. The molecule has 1 heterocycles. The van der Waals surface area contributed by atoms with Crippen molar-refractivity contribution in [3.05, 3.63) is 70.2 Å². The van der Waals surface area contributed by atoms with Crippen LogP contribution >= 0.6 is 11.6 Å².